The second-order valence-corrected chi connectivity index (χ2v) is 5.70. The van der Waals surface area contributed by atoms with Crippen molar-refractivity contribution in [3.8, 4) is 5.88 Å². The minimum atomic E-state index is 0.144. The predicted octanol–water partition coefficient (Wildman–Crippen LogP) is 1.45. The summed E-state index contributed by atoms with van der Waals surface area (Å²) in [6, 6.07) is 2.55. The van der Waals surface area contributed by atoms with E-state index < -0.39 is 0 Å². The van der Waals surface area contributed by atoms with E-state index >= 15 is 0 Å². The van der Waals surface area contributed by atoms with Crippen LogP contribution in [0.2, 0.25) is 0 Å². The van der Waals surface area contributed by atoms with Crippen molar-refractivity contribution in [2.24, 2.45) is 5.92 Å². The van der Waals surface area contributed by atoms with Gasteiger partial charge in [-0.25, -0.2) is 9.97 Å². The lowest BCUT2D eigenvalue weighted by atomic mass is 9.92. The Morgan fingerprint density at radius 2 is 2.26 bits per heavy atom. The Morgan fingerprint density at radius 1 is 1.37 bits per heavy atom. The molecule has 2 fully saturated rings. The second-order valence-electron chi connectivity index (χ2n) is 5.70. The van der Waals surface area contributed by atoms with Gasteiger partial charge in [0.1, 0.15) is 12.1 Å². The minimum absolute atomic E-state index is 0.144. The van der Waals surface area contributed by atoms with Crippen LogP contribution in [-0.4, -0.2) is 41.7 Å². The van der Waals surface area contributed by atoms with Crippen molar-refractivity contribution in [2.45, 2.75) is 38.8 Å². The van der Waals surface area contributed by atoms with E-state index in [9.17, 15) is 0 Å². The number of piperidine rings is 1. The Balaban J connectivity index is 1.80. The van der Waals surface area contributed by atoms with Crippen LogP contribution in [0.25, 0.3) is 0 Å². The Hall–Kier alpha value is -1.36. The largest absolute Gasteiger partial charge is 0.475 e. The summed E-state index contributed by atoms with van der Waals surface area (Å²) in [5, 5.41) is 3.49. The second kappa shape index (κ2) is 5.33. The first kappa shape index (κ1) is 12.7. The first-order valence-corrected chi connectivity index (χ1v) is 7.20. The number of rotatable bonds is 3. The zero-order chi connectivity index (χ0) is 13.2. The molecule has 1 aromatic rings. The van der Waals surface area contributed by atoms with Crippen LogP contribution in [0.4, 0.5) is 5.82 Å². The van der Waals surface area contributed by atoms with Gasteiger partial charge in [0.15, 0.2) is 0 Å². The van der Waals surface area contributed by atoms with Crippen molar-refractivity contribution in [1.29, 1.82) is 0 Å². The van der Waals surface area contributed by atoms with E-state index in [1.807, 2.05) is 19.9 Å². The van der Waals surface area contributed by atoms with E-state index in [2.05, 4.69) is 20.2 Å². The van der Waals surface area contributed by atoms with Crippen molar-refractivity contribution in [3.63, 3.8) is 0 Å². The van der Waals surface area contributed by atoms with Gasteiger partial charge in [0.2, 0.25) is 5.88 Å². The SMILES string of the molecule is CC(C)Oc1cc(N2CCCC3CNCC32)ncn1. The molecule has 2 aliphatic heterocycles. The molecule has 0 aromatic carbocycles. The van der Waals surface area contributed by atoms with Crippen LogP contribution < -0.4 is 15.0 Å². The summed E-state index contributed by atoms with van der Waals surface area (Å²) in [4.78, 5) is 11.0. The Bertz CT molecular complexity index is 437. The first-order valence-electron chi connectivity index (χ1n) is 7.20. The van der Waals surface area contributed by atoms with E-state index in [1.165, 1.54) is 12.8 Å². The molecule has 0 saturated carbocycles. The summed E-state index contributed by atoms with van der Waals surface area (Å²) in [7, 11) is 0. The Kier molecular flexibility index (Phi) is 3.55. The molecule has 1 aromatic heterocycles. The molecule has 0 spiro atoms. The highest BCUT2D eigenvalue weighted by atomic mass is 16.5. The molecule has 19 heavy (non-hydrogen) atoms. The van der Waals surface area contributed by atoms with E-state index in [0.717, 1.165) is 31.4 Å². The van der Waals surface area contributed by atoms with Gasteiger partial charge < -0.3 is 15.0 Å². The van der Waals surface area contributed by atoms with Crippen molar-refractivity contribution in [1.82, 2.24) is 15.3 Å². The summed E-state index contributed by atoms with van der Waals surface area (Å²) in [5.74, 6) is 2.44. The van der Waals surface area contributed by atoms with Crippen LogP contribution in [0.15, 0.2) is 12.4 Å². The van der Waals surface area contributed by atoms with Gasteiger partial charge in [-0.05, 0) is 32.6 Å². The van der Waals surface area contributed by atoms with Crippen molar-refractivity contribution < 1.29 is 4.74 Å². The summed E-state index contributed by atoms with van der Waals surface area (Å²) in [6.45, 7) is 7.32. The standard InChI is InChI=1S/C14H22N4O/c1-10(2)19-14-6-13(16-9-17-14)18-5-3-4-11-7-15-8-12(11)18/h6,9-12,15H,3-5,7-8H2,1-2H3. The zero-order valence-corrected chi connectivity index (χ0v) is 11.7. The molecule has 0 aliphatic carbocycles. The van der Waals surface area contributed by atoms with Gasteiger partial charge in [0.05, 0.1) is 6.10 Å². The molecule has 0 bridgehead atoms. The lowest BCUT2D eigenvalue weighted by Crippen LogP contribution is -2.45. The molecule has 104 valence electrons. The quantitative estimate of drug-likeness (QED) is 0.893. The molecular formula is C14H22N4O. The minimum Gasteiger partial charge on any atom is -0.475 e. The molecule has 2 saturated heterocycles. The maximum Gasteiger partial charge on any atom is 0.218 e. The van der Waals surface area contributed by atoms with Crippen LogP contribution >= 0.6 is 0 Å². The molecule has 5 nitrogen and oxygen atoms in total. The number of hydrogen-bond acceptors (Lipinski definition) is 5. The number of aromatic nitrogens is 2. The third kappa shape index (κ3) is 2.66. The maximum atomic E-state index is 5.66. The summed E-state index contributed by atoms with van der Waals surface area (Å²) < 4.78 is 5.66. The molecule has 0 amide bonds. The van der Waals surface area contributed by atoms with Crippen molar-refractivity contribution in [2.75, 3.05) is 24.5 Å². The van der Waals surface area contributed by atoms with Crippen LogP contribution in [0, 0.1) is 5.92 Å². The van der Waals surface area contributed by atoms with Gasteiger partial charge in [-0.1, -0.05) is 0 Å². The monoisotopic (exact) mass is 262 g/mol. The fourth-order valence-electron chi connectivity index (χ4n) is 3.15. The molecular weight excluding hydrogens is 240 g/mol. The van der Waals surface area contributed by atoms with E-state index in [0.29, 0.717) is 11.9 Å². The van der Waals surface area contributed by atoms with Crippen LogP contribution in [0.1, 0.15) is 26.7 Å². The number of fused-ring (bicyclic) bond motifs is 1. The highest BCUT2D eigenvalue weighted by Gasteiger charge is 2.35. The molecule has 0 radical (unpaired) electrons. The topological polar surface area (TPSA) is 50.3 Å². The number of hydrogen-bond donors (Lipinski definition) is 1. The summed E-state index contributed by atoms with van der Waals surface area (Å²) in [6.07, 6.45) is 4.32. The first-order chi connectivity index (χ1) is 9.24. The molecule has 5 heteroatoms. The van der Waals surface area contributed by atoms with Gasteiger partial charge in [-0.15, -0.1) is 0 Å². The smallest absolute Gasteiger partial charge is 0.218 e. The fraction of sp³-hybridized carbons (Fsp3) is 0.714. The normalized spacial score (nSPS) is 26.6. The molecule has 2 unspecified atom stereocenters. The molecule has 2 aliphatic rings. The number of anilines is 1. The molecule has 3 heterocycles. The van der Waals surface area contributed by atoms with E-state index in [-0.39, 0.29) is 6.10 Å². The number of ether oxygens (including phenoxy) is 1. The summed E-state index contributed by atoms with van der Waals surface area (Å²) in [5.41, 5.74) is 0. The van der Waals surface area contributed by atoms with Crippen LogP contribution in [0.5, 0.6) is 5.88 Å². The Morgan fingerprint density at radius 3 is 3.11 bits per heavy atom. The predicted molar refractivity (Wildman–Crippen MR) is 74.5 cm³/mol. The maximum absolute atomic E-state index is 5.66. The average molecular weight is 262 g/mol. The number of nitrogens with zero attached hydrogens (tertiary/aromatic N) is 3. The fourth-order valence-corrected chi connectivity index (χ4v) is 3.15. The third-order valence-corrected chi connectivity index (χ3v) is 3.96. The van der Waals surface area contributed by atoms with Gasteiger partial charge in [-0.2, -0.15) is 0 Å². The van der Waals surface area contributed by atoms with E-state index in [1.54, 1.807) is 6.33 Å². The van der Waals surface area contributed by atoms with Gasteiger partial charge in [0.25, 0.3) is 0 Å². The lowest BCUT2D eigenvalue weighted by Gasteiger charge is -2.37. The van der Waals surface area contributed by atoms with E-state index in [4.69, 9.17) is 4.74 Å². The highest BCUT2D eigenvalue weighted by molar-refractivity contribution is 5.43. The lowest BCUT2D eigenvalue weighted by molar-refractivity contribution is 0.232. The van der Waals surface area contributed by atoms with Gasteiger partial charge >= 0.3 is 0 Å². The Labute approximate surface area is 114 Å². The zero-order valence-electron chi connectivity index (χ0n) is 11.7. The summed E-state index contributed by atoms with van der Waals surface area (Å²) >= 11 is 0. The van der Waals surface area contributed by atoms with Crippen molar-refractivity contribution in [3.05, 3.63) is 12.4 Å². The van der Waals surface area contributed by atoms with Gasteiger partial charge in [-0.3, -0.25) is 0 Å². The molecule has 3 rings (SSSR count). The molecule has 1 N–H and O–H groups in total. The molecule has 2 atom stereocenters. The average Bonchev–Trinajstić information content (AvgIpc) is 2.86. The number of nitrogens with one attached hydrogen (secondary N) is 1. The highest BCUT2D eigenvalue weighted by Crippen LogP contribution is 2.30. The van der Waals surface area contributed by atoms with Crippen molar-refractivity contribution >= 4 is 5.82 Å². The third-order valence-electron chi connectivity index (χ3n) is 3.96. The van der Waals surface area contributed by atoms with Crippen LogP contribution in [0.3, 0.4) is 0 Å². The van der Waals surface area contributed by atoms with Gasteiger partial charge in [0, 0.05) is 31.7 Å². The van der Waals surface area contributed by atoms with Crippen LogP contribution in [-0.2, 0) is 0 Å².